The van der Waals surface area contributed by atoms with E-state index in [1.165, 1.54) is 10.7 Å². The molecule has 0 radical (unpaired) electrons. The molecule has 0 saturated heterocycles. The fraction of sp³-hybridized carbons (Fsp3) is 0.208. The highest BCUT2D eigenvalue weighted by Crippen LogP contribution is 2.27. The molecule has 7 heteroatoms. The van der Waals surface area contributed by atoms with Gasteiger partial charge in [-0.1, -0.05) is 39.0 Å². The average molecular weight is 431 g/mol. The molecule has 0 atom stereocenters. The number of rotatable bonds is 4. The summed E-state index contributed by atoms with van der Waals surface area (Å²) < 4.78 is 27.9. The molecule has 4 rings (SSSR count). The van der Waals surface area contributed by atoms with Crippen molar-refractivity contribution in [1.82, 2.24) is 14.8 Å². The monoisotopic (exact) mass is 430 g/mol. The number of fused-ring (bicyclic) bond motifs is 1. The van der Waals surface area contributed by atoms with E-state index in [0.29, 0.717) is 11.4 Å². The number of sulfone groups is 1. The Balaban J connectivity index is 1.77. The molecule has 0 amide bonds. The van der Waals surface area contributed by atoms with E-state index >= 15 is 0 Å². The lowest BCUT2D eigenvalue weighted by molar-refractivity contribution is 0.585. The van der Waals surface area contributed by atoms with Crippen molar-refractivity contribution in [3.8, 4) is 11.8 Å². The molecule has 2 heterocycles. The number of hydrogen-bond acceptors (Lipinski definition) is 5. The first-order valence-corrected chi connectivity index (χ1v) is 11.5. The first-order valence-electron chi connectivity index (χ1n) is 9.85. The number of nitriles is 1. The van der Waals surface area contributed by atoms with E-state index in [4.69, 9.17) is 0 Å². The van der Waals surface area contributed by atoms with Crippen LogP contribution in [0, 0.1) is 11.3 Å². The van der Waals surface area contributed by atoms with Crippen LogP contribution in [0.4, 0.5) is 0 Å². The van der Waals surface area contributed by atoms with Crippen LogP contribution >= 0.6 is 0 Å². The van der Waals surface area contributed by atoms with Crippen molar-refractivity contribution in [3.63, 3.8) is 0 Å². The summed E-state index contributed by atoms with van der Waals surface area (Å²) in [6, 6.07) is 19.8. The summed E-state index contributed by atoms with van der Waals surface area (Å²) >= 11 is 0. The third-order valence-electron chi connectivity index (χ3n) is 5.17. The van der Waals surface area contributed by atoms with Gasteiger partial charge in [0.25, 0.3) is 0 Å². The zero-order valence-corrected chi connectivity index (χ0v) is 18.4. The number of hydrogen-bond donors (Lipinski definition) is 0. The standard InChI is InChI=1S/C24H22N4O2S/c1-24(2,3)17-9-11-20(12-10-17)31(29,30)16-19-14-18(15-25)27-28(19)23-8-4-7-22-21(23)6-5-13-26-22/h4-14H,16H2,1-3H3. The number of benzene rings is 2. The summed E-state index contributed by atoms with van der Waals surface area (Å²) in [7, 11) is -3.64. The van der Waals surface area contributed by atoms with E-state index in [1.807, 2.05) is 48.5 Å². The van der Waals surface area contributed by atoms with Gasteiger partial charge in [-0.05, 0) is 53.4 Å². The largest absolute Gasteiger partial charge is 0.256 e. The SMILES string of the molecule is CC(C)(C)c1ccc(S(=O)(=O)Cc2cc(C#N)nn2-c2cccc3ncccc23)cc1. The minimum Gasteiger partial charge on any atom is -0.256 e. The maximum atomic E-state index is 13.2. The molecule has 6 nitrogen and oxygen atoms in total. The van der Waals surface area contributed by atoms with Crippen LogP contribution in [0.1, 0.15) is 37.7 Å². The second-order valence-corrected chi connectivity index (χ2v) is 10.4. The fourth-order valence-electron chi connectivity index (χ4n) is 3.50. The van der Waals surface area contributed by atoms with Gasteiger partial charge in [0.05, 0.1) is 27.5 Å². The van der Waals surface area contributed by atoms with Gasteiger partial charge in [0.15, 0.2) is 15.5 Å². The molecule has 31 heavy (non-hydrogen) atoms. The zero-order chi connectivity index (χ0) is 22.2. The van der Waals surface area contributed by atoms with Crippen LogP contribution in [0.25, 0.3) is 16.6 Å². The molecule has 0 fully saturated rings. The van der Waals surface area contributed by atoms with Gasteiger partial charge >= 0.3 is 0 Å². The van der Waals surface area contributed by atoms with Gasteiger partial charge in [-0.2, -0.15) is 10.4 Å². The normalized spacial score (nSPS) is 12.1. The van der Waals surface area contributed by atoms with E-state index in [1.54, 1.807) is 18.3 Å². The molecule has 0 aliphatic rings. The molecule has 0 aliphatic carbocycles. The van der Waals surface area contributed by atoms with Crippen LogP contribution < -0.4 is 0 Å². The quantitative estimate of drug-likeness (QED) is 0.473. The first-order chi connectivity index (χ1) is 14.7. The van der Waals surface area contributed by atoms with Crippen molar-refractivity contribution in [2.45, 2.75) is 36.8 Å². The molecule has 0 aliphatic heterocycles. The Kier molecular flexibility index (Phi) is 5.11. The fourth-order valence-corrected chi connectivity index (χ4v) is 4.81. The zero-order valence-electron chi connectivity index (χ0n) is 17.6. The molecule has 2 aromatic carbocycles. The van der Waals surface area contributed by atoms with Crippen LogP contribution in [-0.4, -0.2) is 23.2 Å². The summed E-state index contributed by atoms with van der Waals surface area (Å²) in [5.74, 6) is -0.271. The Labute approximate surface area is 181 Å². The highest BCUT2D eigenvalue weighted by Gasteiger charge is 2.22. The van der Waals surface area contributed by atoms with Crippen LogP contribution in [0.3, 0.4) is 0 Å². The lowest BCUT2D eigenvalue weighted by Crippen LogP contribution is -2.13. The highest BCUT2D eigenvalue weighted by atomic mass is 32.2. The van der Waals surface area contributed by atoms with Crippen LogP contribution in [0.2, 0.25) is 0 Å². The second-order valence-electron chi connectivity index (χ2n) is 8.43. The van der Waals surface area contributed by atoms with E-state index in [2.05, 4.69) is 30.9 Å². The lowest BCUT2D eigenvalue weighted by Gasteiger charge is -2.19. The predicted octanol–water partition coefficient (Wildman–Crippen LogP) is 4.56. The van der Waals surface area contributed by atoms with Crippen LogP contribution in [0.15, 0.2) is 71.8 Å². The van der Waals surface area contributed by atoms with Crippen molar-refractivity contribution in [1.29, 1.82) is 5.26 Å². The molecular weight excluding hydrogens is 408 g/mol. The van der Waals surface area contributed by atoms with Crippen molar-refractivity contribution < 1.29 is 8.42 Å². The molecule has 0 N–H and O–H groups in total. The second kappa shape index (κ2) is 7.64. The summed E-state index contributed by atoms with van der Waals surface area (Å²) in [5, 5.41) is 14.5. The van der Waals surface area contributed by atoms with Crippen molar-refractivity contribution >= 4 is 20.7 Å². The molecular formula is C24H22N4O2S. The van der Waals surface area contributed by atoms with Crippen molar-refractivity contribution in [3.05, 3.63) is 83.8 Å². The minimum absolute atomic E-state index is 0.0645. The van der Waals surface area contributed by atoms with Gasteiger partial charge in [0.2, 0.25) is 0 Å². The Hall–Kier alpha value is -3.50. The van der Waals surface area contributed by atoms with Gasteiger partial charge in [0.1, 0.15) is 6.07 Å². The molecule has 0 unspecified atom stereocenters. The van der Waals surface area contributed by atoms with E-state index in [9.17, 15) is 13.7 Å². The smallest absolute Gasteiger partial charge is 0.184 e. The molecule has 0 bridgehead atoms. The van der Waals surface area contributed by atoms with E-state index in [0.717, 1.165) is 16.5 Å². The molecule has 0 saturated carbocycles. The Morgan fingerprint density at radius 1 is 1.03 bits per heavy atom. The average Bonchev–Trinajstić information content (AvgIpc) is 3.15. The maximum absolute atomic E-state index is 13.2. The molecule has 156 valence electrons. The highest BCUT2D eigenvalue weighted by molar-refractivity contribution is 7.90. The van der Waals surface area contributed by atoms with Gasteiger partial charge in [-0.3, -0.25) is 4.98 Å². The first kappa shape index (κ1) is 20.8. The van der Waals surface area contributed by atoms with Gasteiger partial charge in [-0.15, -0.1) is 0 Å². The van der Waals surface area contributed by atoms with Crippen LogP contribution in [0.5, 0.6) is 0 Å². The van der Waals surface area contributed by atoms with Gasteiger partial charge in [-0.25, -0.2) is 13.1 Å². The summed E-state index contributed by atoms with van der Waals surface area (Å²) in [5.41, 5.74) is 3.03. The number of nitrogens with zero attached hydrogens (tertiary/aromatic N) is 4. The third-order valence-corrected chi connectivity index (χ3v) is 6.83. The predicted molar refractivity (Wildman–Crippen MR) is 120 cm³/mol. The van der Waals surface area contributed by atoms with E-state index in [-0.39, 0.29) is 21.8 Å². The summed E-state index contributed by atoms with van der Waals surface area (Å²) in [6.45, 7) is 6.24. The molecule has 0 spiro atoms. The lowest BCUT2D eigenvalue weighted by atomic mass is 9.87. The number of aromatic nitrogens is 3. The van der Waals surface area contributed by atoms with Gasteiger partial charge < -0.3 is 0 Å². The molecule has 2 aromatic heterocycles. The van der Waals surface area contributed by atoms with E-state index < -0.39 is 9.84 Å². The van der Waals surface area contributed by atoms with Crippen molar-refractivity contribution in [2.75, 3.05) is 0 Å². The van der Waals surface area contributed by atoms with Crippen molar-refractivity contribution in [2.24, 2.45) is 0 Å². The Morgan fingerprint density at radius 2 is 1.77 bits per heavy atom. The third kappa shape index (κ3) is 4.07. The van der Waals surface area contributed by atoms with Gasteiger partial charge in [0, 0.05) is 11.6 Å². The summed E-state index contributed by atoms with van der Waals surface area (Å²) in [4.78, 5) is 4.59. The summed E-state index contributed by atoms with van der Waals surface area (Å²) in [6.07, 6.45) is 1.70. The maximum Gasteiger partial charge on any atom is 0.184 e. The minimum atomic E-state index is -3.64. The topological polar surface area (TPSA) is 88.6 Å². The number of pyridine rings is 1. The Bertz CT molecular complexity index is 1400. The Morgan fingerprint density at radius 3 is 2.45 bits per heavy atom. The molecule has 4 aromatic rings. The van der Waals surface area contributed by atoms with Crippen LogP contribution in [-0.2, 0) is 21.0 Å².